The van der Waals surface area contributed by atoms with Crippen LogP contribution >= 0.6 is 0 Å². The number of amides is 1. The Hall–Kier alpha value is -2.82. The van der Waals surface area contributed by atoms with Gasteiger partial charge < -0.3 is 19.4 Å². The molecule has 8 nitrogen and oxygen atoms in total. The van der Waals surface area contributed by atoms with Crippen molar-refractivity contribution in [3.63, 3.8) is 0 Å². The van der Waals surface area contributed by atoms with Crippen molar-refractivity contribution >= 4 is 17.8 Å². The van der Waals surface area contributed by atoms with Crippen LogP contribution < -0.4 is 5.32 Å². The maximum absolute atomic E-state index is 12.1. The molecule has 2 rings (SSSR count). The molecule has 0 radical (unpaired) electrons. The molecular weight excluding hydrogens is 350 g/mol. The molecule has 0 spiro atoms. The summed E-state index contributed by atoms with van der Waals surface area (Å²) < 4.78 is 11.7. The monoisotopic (exact) mass is 375 g/mol. The highest BCUT2D eigenvalue weighted by molar-refractivity contribution is 5.91. The molecule has 27 heavy (non-hydrogen) atoms. The largest absolute Gasteiger partial charge is 0.462 e. The SMILES string of the molecule is CCOC(=O)c1cc(C)n(CC(=O)OCC(=O)NC2(C#N)CCCC2)c1C. The zero-order chi connectivity index (χ0) is 20.0. The third-order valence-electron chi connectivity index (χ3n) is 4.77. The number of hydrogen-bond acceptors (Lipinski definition) is 6. The van der Waals surface area contributed by atoms with Gasteiger partial charge in [0.05, 0.1) is 18.2 Å². The normalized spacial score (nSPS) is 15.0. The number of rotatable bonds is 7. The van der Waals surface area contributed by atoms with E-state index >= 15 is 0 Å². The van der Waals surface area contributed by atoms with Crippen LogP contribution in [0, 0.1) is 25.2 Å². The smallest absolute Gasteiger partial charge is 0.339 e. The Balaban J connectivity index is 1.91. The molecule has 0 saturated heterocycles. The first-order chi connectivity index (χ1) is 12.8. The zero-order valence-corrected chi connectivity index (χ0v) is 16.0. The molecule has 1 heterocycles. The van der Waals surface area contributed by atoms with E-state index in [1.165, 1.54) is 0 Å². The Morgan fingerprint density at radius 2 is 1.93 bits per heavy atom. The Morgan fingerprint density at radius 1 is 1.26 bits per heavy atom. The Bertz CT molecular complexity index is 769. The summed E-state index contributed by atoms with van der Waals surface area (Å²) in [4.78, 5) is 36.0. The average molecular weight is 375 g/mol. The fourth-order valence-corrected chi connectivity index (χ4v) is 3.33. The summed E-state index contributed by atoms with van der Waals surface area (Å²) in [5.41, 5.74) is 0.871. The summed E-state index contributed by atoms with van der Waals surface area (Å²) in [5, 5.41) is 11.9. The van der Waals surface area contributed by atoms with E-state index in [-0.39, 0.29) is 13.2 Å². The van der Waals surface area contributed by atoms with Gasteiger partial charge in [0.15, 0.2) is 6.61 Å². The number of carbonyl (C=O) groups excluding carboxylic acids is 3. The van der Waals surface area contributed by atoms with Crippen LogP contribution in [0.15, 0.2) is 6.07 Å². The molecule has 1 aromatic rings. The van der Waals surface area contributed by atoms with Gasteiger partial charge in [-0.1, -0.05) is 0 Å². The van der Waals surface area contributed by atoms with Crippen molar-refractivity contribution in [3.8, 4) is 6.07 Å². The second-order valence-electron chi connectivity index (χ2n) is 6.70. The van der Waals surface area contributed by atoms with Crippen molar-refractivity contribution in [2.45, 2.75) is 58.5 Å². The van der Waals surface area contributed by atoms with Crippen molar-refractivity contribution in [1.29, 1.82) is 5.26 Å². The summed E-state index contributed by atoms with van der Waals surface area (Å²) in [5.74, 6) is -1.53. The number of ether oxygens (including phenoxy) is 2. The number of aryl methyl sites for hydroxylation is 1. The summed E-state index contributed by atoms with van der Waals surface area (Å²) in [7, 11) is 0. The van der Waals surface area contributed by atoms with Crippen LogP contribution in [-0.2, 0) is 25.6 Å². The van der Waals surface area contributed by atoms with E-state index in [1.807, 2.05) is 0 Å². The summed E-state index contributed by atoms with van der Waals surface area (Å²) >= 11 is 0. The molecule has 1 fully saturated rings. The lowest BCUT2D eigenvalue weighted by molar-refractivity contribution is -0.149. The lowest BCUT2D eigenvalue weighted by Crippen LogP contribution is -2.46. The van der Waals surface area contributed by atoms with Gasteiger partial charge in [-0.05, 0) is 52.5 Å². The van der Waals surface area contributed by atoms with Crippen LogP contribution in [0.25, 0.3) is 0 Å². The van der Waals surface area contributed by atoms with E-state index in [4.69, 9.17) is 9.47 Å². The van der Waals surface area contributed by atoms with E-state index in [2.05, 4.69) is 11.4 Å². The first-order valence-electron chi connectivity index (χ1n) is 9.03. The van der Waals surface area contributed by atoms with Crippen molar-refractivity contribution in [2.75, 3.05) is 13.2 Å². The van der Waals surface area contributed by atoms with E-state index in [1.54, 1.807) is 31.4 Å². The van der Waals surface area contributed by atoms with E-state index in [0.29, 0.717) is 29.8 Å². The fourth-order valence-electron chi connectivity index (χ4n) is 3.33. The third kappa shape index (κ3) is 4.88. The van der Waals surface area contributed by atoms with Gasteiger partial charge in [0.25, 0.3) is 5.91 Å². The Kier molecular flexibility index (Phi) is 6.61. The second-order valence-corrected chi connectivity index (χ2v) is 6.70. The maximum atomic E-state index is 12.1. The van der Waals surface area contributed by atoms with Crippen molar-refractivity contribution < 1.29 is 23.9 Å². The number of nitriles is 1. The minimum atomic E-state index is -0.842. The maximum Gasteiger partial charge on any atom is 0.339 e. The third-order valence-corrected chi connectivity index (χ3v) is 4.77. The minimum Gasteiger partial charge on any atom is -0.462 e. The van der Waals surface area contributed by atoms with Crippen molar-refractivity contribution in [1.82, 2.24) is 9.88 Å². The Labute approximate surface area is 158 Å². The van der Waals surface area contributed by atoms with E-state index in [9.17, 15) is 19.6 Å². The van der Waals surface area contributed by atoms with Crippen LogP contribution in [0.5, 0.6) is 0 Å². The summed E-state index contributed by atoms with van der Waals surface area (Å²) in [6.07, 6.45) is 3.01. The fraction of sp³-hybridized carbons (Fsp3) is 0.579. The minimum absolute atomic E-state index is 0.117. The van der Waals surface area contributed by atoms with Crippen LogP contribution in [-0.4, -0.2) is 41.2 Å². The first kappa shape index (κ1) is 20.5. The Morgan fingerprint density at radius 3 is 2.52 bits per heavy atom. The number of esters is 2. The molecule has 8 heteroatoms. The molecule has 1 aromatic heterocycles. The molecule has 0 aliphatic heterocycles. The highest BCUT2D eigenvalue weighted by Gasteiger charge is 2.35. The molecule has 1 aliphatic carbocycles. The molecule has 0 aromatic carbocycles. The number of nitrogens with one attached hydrogen (secondary N) is 1. The van der Waals surface area contributed by atoms with Crippen molar-refractivity contribution in [3.05, 3.63) is 23.0 Å². The summed E-state index contributed by atoms with van der Waals surface area (Å²) in [6.45, 7) is 4.92. The lowest BCUT2D eigenvalue weighted by atomic mass is 10.00. The van der Waals surface area contributed by atoms with Crippen molar-refractivity contribution in [2.24, 2.45) is 0 Å². The topological polar surface area (TPSA) is 110 Å². The van der Waals surface area contributed by atoms with Crippen LogP contribution in [0.1, 0.15) is 54.4 Å². The van der Waals surface area contributed by atoms with Gasteiger partial charge in [0, 0.05) is 11.4 Å². The highest BCUT2D eigenvalue weighted by atomic mass is 16.5. The van der Waals surface area contributed by atoms with E-state index < -0.39 is 30.0 Å². The standard InChI is InChI=1S/C19H25N3O5/c1-4-26-18(25)15-9-13(2)22(14(15)3)10-17(24)27-11-16(23)21-19(12-20)7-5-6-8-19/h9H,4-8,10-11H2,1-3H3,(H,21,23). The van der Waals surface area contributed by atoms with Crippen LogP contribution in [0.4, 0.5) is 0 Å². The van der Waals surface area contributed by atoms with E-state index in [0.717, 1.165) is 12.8 Å². The zero-order valence-electron chi connectivity index (χ0n) is 16.0. The number of carbonyl (C=O) groups is 3. The van der Waals surface area contributed by atoms with Crippen LogP contribution in [0.2, 0.25) is 0 Å². The molecule has 1 amide bonds. The second kappa shape index (κ2) is 8.71. The van der Waals surface area contributed by atoms with Gasteiger partial charge in [0.2, 0.25) is 0 Å². The van der Waals surface area contributed by atoms with Gasteiger partial charge in [-0.3, -0.25) is 9.59 Å². The number of hydrogen-bond donors (Lipinski definition) is 1. The molecule has 146 valence electrons. The number of nitrogens with zero attached hydrogens (tertiary/aromatic N) is 2. The van der Waals surface area contributed by atoms with Gasteiger partial charge in [-0.25, -0.2) is 4.79 Å². The van der Waals surface area contributed by atoms with Gasteiger partial charge in [-0.15, -0.1) is 0 Å². The molecule has 1 N–H and O–H groups in total. The predicted molar refractivity (Wildman–Crippen MR) is 95.8 cm³/mol. The van der Waals surface area contributed by atoms with Gasteiger partial charge in [-0.2, -0.15) is 5.26 Å². The van der Waals surface area contributed by atoms with Gasteiger partial charge >= 0.3 is 11.9 Å². The first-order valence-corrected chi connectivity index (χ1v) is 9.03. The predicted octanol–water partition coefficient (Wildman–Crippen LogP) is 1.78. The molecule has 0 bridgehead atoms. The molecule has 0 atom stereocenters. The molecule has 0 unspecified atom stereocenters. The van der Waals surface area contributed by atoms with Crippen LogP contribution in [0.3, 0.4) is 0 Å². The molecule has 1 aliphatic rings. The summed E-state index contributed by atoms with van der Waals surface area (Å²) in [6, 6.07) is 3.81. The highest BCUT2D eigenvalue weighted by Crippen LogP contribution is 2.28. The molecular formula is C19H25N3O5. The quantitative estimate of drug-likeness (QED) is 0.727. The lowest BCUT2D eigenvalue weighted by Gasteiger charge is -2.21. The number of aromatic nitrogens is 1. The average Bonchev–Trinajstić information content (AvgIpc) is 3.20. The molecule has 1 saturated carbocycles. The van der Waals surface area contributed by atoms with Gasteiger partial charge in [0.1, 0.15) is 12.1 Å².